The molecular formula is C22H32N4O. The van der Waals surface area contributed by atoms with E-state index < -0.39 is 0 Å². The number of benzene rings is 1. The second-order valence-electron chi connectivity index (χ2n) is 7.78. The van der Waals surface area contributed by atoms with Gasteiger partial charge in [-0.1, -0.05) is 30.3 Å². The Morgan fingerprint density at radius 2 is 1.93 bits per heavy atom. The molecule has 2 heterocycles. The Morgan fingerprint density at radius 1 is 1.19 bits per heavy atom. The fourth-order valence-electron chi connectivity index (χ4n) is 3.87. The highest BCUT2D eigenvalue weighted by Gasteiger charge is 2.26. The first-order chi connectivity index (χ1) is 13.1. The number of aromatic nitrogens is 2. The lowest BCUT2D eigenvalue weighted by molar-refractivity contribution is -0.132. The van der Waals surface area contributed by atoms with Crippen LogP contribution in [0, 0.1) is 0 Å². The van der Waals surface area contributed by atoms with Crippen LogP contribution in [0.25, 0.3) is 0 Å². The lowest BCUT2D eigenvalue weighted by Gasteiger charge is -2.32. The summed E-state index contributed by atoms with van der Waals surface area (Å²) in [6, 6.07) is 10.3. The first-order valence-corrected chi connectivity index (χ1v) is 10.1. The first kappa shape index (κ1) is 19.6. The van der Waals surface area contributed by atoms with E-state index in [1.807, 2.05) is 29.3 Å². The van der Waals surface area contributed by atoms with Gasteiger partial charge >= 0.3 is 0 Å². The van der Waals surface area contributed by atoms with Crippen LogP contribution in [0.1, 0.15) is 43.0 Å². The Bertz CT molecular complexity index is 702. The number of imidazole rings is 1. The van der Waals surface area contributed by atoms with Crippen molar-refractivity contribution >= 4 is 5.91 Å². The van der Waals surface area contributed by atoms with Crippen molar-refractivity contribution in [2.24, 2.45) is 0 Å². The lowest BCUT2D eigenvalue weighted by atomic mass is 9.95. The van der Waals surface area contributed by atoms with Gasteiger partial charge in [-0.25, -0.2) is 4.98 Å². The molecule has 1 amide bonds. The molecule has 1 aromatic heterocycles. The molecule has 1 aromatic carbocycles. The molecule has 1 fully saturated rings. The van der Waals surface area contributed by atoms with Gasteiger partial charge in [-0.3, -0.25) is 4.79 Å². The zero-order valence-corrected chi connectivity index (χ0v) is 16.7. The molecule has 0 spiro atoms. The molecule has 0 saturated carbocycles. The second-order valence-corrected chi connectivity index (χ2v) is 7.78. The molecule has 0 unspecified atom stereocenters. The van der Waals surface area contributed by atoms with Crippen LogP contribution in [0.4, 0.5) is 0 Å². The summed E-state index contributed by atoms with van der Waals surface area (Å²) in [5.41, 5.74) is 1.24. The molecule has 0 atom stereocenters. The van der Waals surface area contributed by atoms with Crippen LogP contribution in [-0.4, -0.2) is 59.0 Å². The van der Waals surface area contributed by atoms with E-state index >= 15 is 0 Å². The van der Waals surface area contributed by atoms with E-state index in [2.05, 4.69) is 46.9 Å². The zero-order chi connectivity index (χ0) is 19.1. The van der Waals surface area contributed by atoms with Gasteiger partial charge in [-0.2, -0.15) is 0 Å². The molecule has 2 aromatic rings. The van der Waals surface area contributed by atoms with E-state index in [-0.39, 0.29) is 5.91 Å². The summed E-state index contributed by atoms with van der Waals surface area (Å²) in [4.78, 5) is 21.4. The molecule has 1 aliphatic rings. The van der Waals surface area contributed by atoms with Crippen LogP contribution < -0.4 is 0 Å². The highest BCUT2D eigenvalue weighted by molar-refractivity contribution is 5.76. The van der Waals surface area contributed by atoms with Crippen molar-refractivity contribution in [3.05, 3.63) is 54.1 Å². The lowest BCUT2D eigenvalue weighted by Crippen LogP contribution is -2.38. The van der Waals surface area contributed by atoms with E-state index in [0.717, 1.165) is 51.9 Å². The Labute approximate surface area is 163 Å². The van der Waals surface area contributed by atoms with Crippen LogP contribution in [0.5, 0.6) is 0 Å². The van der Waals surface area contributed by atoms with Crippen molar-refractivity contribution in [2.45, 2.75) is 44.6 Å². The van der Waals surface area contributed by atoms with Crippen molar-refractivity contribution in [1.82, 2.24) is 19.4 Å². The highest BCUT2D eigenvalue weighted by atomic mass is 16.2. The largest absolute Gasteiger partial charge is 0.343 e. The van der Waals surface area contributed by atoms with Gasteiger partial charge in [-0.05, 0) is 51.9 Å². The molecular weight excluding hydrogens is 336 g/mol. The average Bonchev–Trinajstić information content (AvgIpc) is 3.15. The number of aryl methyl sites for hydroxylation is 2. The average molecular weight is 369 g/mol. The van der Waals surface area contributed by atoms with Gasteiger partial charge in [0.1, 0.15) is 5.82 Å². The summed E-state index contributed by atoms with van der Waals surface area (Å²) >= 11 is 0. The van der Waals surface area contributed by atoms with Crippen LogP contribution in [0.2, 0.25) is 0 Å². The van der Waals surface area contributed by atoms with Crippen molar-refractivity contribution < 1.29 is 4.79 Å². The second kappa shape index (κ2) is 9.70. The maximum absolute atomic E-state index is 12.5. The van der Waals surface area contributed by atoms with Gasteiger partial charge in [0.25, 0.3) is 0 Å². The smallest absolute Gasteiger partial charge is 0.222 e. The maximum Gasteiger partial charge on any atom is 0.222 e. The predicted octanol–water partition coefficient (Wildman–Crippen LogP) is 3.17. The molecule has 1 saturated heterocycles. The van der Waals surface area contributed by atoms with E-state index in [1.165, 1.54) is 11.4 Å². The molecule has 1 aliphatic heterocycles. The minimum absolute atomic E-state index is 0.284. The van der Waals surface area contributed by atoms with Gasteiger partial charge in [0.2, 0.25) is 5.91 Å². The summed E-state index contributed by atoms with van der Waals surface area (Å²) in [6.45, 7) is 3.81. The third-order valence-electron chi connectivity index (χ3n) is 5.44. The quantitative estimate of drug-likeness (QED) is 0.719. The van der Waals surface area contributed by atoms with Gasteiger partial charge in [0.15, 0.2) is 0 Å². The molecule has 27 heavy (non-hydrogen) atoms. The number of amides is 1. The predicted molar refractivity (Wildman–Crippen MR) is 109 cm³/mol. The van der Waals surface area contributed by atoms with E-state index in [4.69, 9.17) is 0 Å². The van der Waals surface area contributed by atoms with Crippen molar-refractivity contribution in [1.29, 1.82) is 0 Å². The minimum atomic E-state index is 0.284. The van der Waals surface area contributed by atoms with Crippen LogP contribution in [-0.2, 0) is 17.8 Å². The Balaban J connectivity index is 1.46. The fourth-order valence-corrected chi connectivity index (χ4v) is 3.87. The maximum atomic E-state index is 12.5. The topological polar surface area (TPSA) is 41.4 Å². The molecule has 5 heteroatoms. The number of hydrogen-bond acceptors (Lipinski definition) is 3. The Morgan fingerprint density at radius 3 is 2.63 bits per heavy atom. The number of rotatable bonds is 8. The van der Waals surface area contributed by atoms with Crippen LogP contribution in [0.3, 0.4) is 0 Å². The molecule has 0 radical (unpaired) electrons. The minimum Gasteiger partial charge on any atom is -0.343 e. The van der Waals surface area contributed by atoms with E-state index in [1.54, 1.807) is 0 Å². The van der Waals surface area contributed by atoms with Gasteiger partial charge < -0.3 is 14.4 Å². The molecule has 0 bridgehead atoms. The van der Waals surface area contributed by atoms with Crippen LogP contribution >= 0.6 is 0 Å². The zero-order valence-electron chi connectivity index (χ0n) is 16.7. The third-order valence-corrected chi connectivity index (χ3v) is 5.44. The number of likely N-dealkylation sites (tertiary alicyclic amines) is 1. The van der Waals surface area contributed by atoms with Gasteiger partial charge in [0.05, 0.1) is 0 Å². The fraction of sp³-hybridized carbons (Fsp3) is 0.545. The molecule has 3 rings (SSSR count). The van der Waals surface area contributed by atoms with Crippen molar-refractivity contribution in [3.63, 3.8) is 0 Å². The van der Waals surface area contributed by atoms with Crippen LogP contribution in [0.15, 0.2) is 42.7 Å². The molecule has 5 nitrogen and oxygen atoms in total. The number of hydrogen-bond donors (Lipinski definition) is 0. The molecule has 0 N–H and O–H groups in total. The number of carbonyl (C=O) groups is 1. The summed E-state index contributed by atoms with van der Waals surface area (Å²) in [6.07, 6.45) is 8.62. The molecule has 146 valence electrons. The molecule has 0 aliphatic carbocycles. The number of carbonyl (C=O) groups excluding carboxylic acids is 1. The Hall–Kier alpha value is -2.14. The van der Waals surface area contributed by atoms with Gasteiger partial charge in [-0.15, -0.1) is 0 Å². The third kappa shape index (κ3) is 5.67. The number of nitrogens with zero attached hydrogens (tertiary/aromatic N) is 4. The monoisotopic (exact) mass is 368 g/mol. The standard InChI is InChI=1S/C22H32N4O/c1-24(2)14-6-15-26-18-13-23-22(26)20-11-16-25(17-12-20)21(27)10-9-19-7-4-3-5-8-19/h3-5,7-8,13,18,20H,6,9-12,14-17H2,1-2H3. The first-order valence-electron chi connectivity index (χ1n) is 10.1. The highest BCUT2D eigenvalue weighted by Crippen LogP contribution is 2.27. The van der Waals surface area contributed by atoms with Crippen molar-refractivity contribution in [2.75, 3.05) is 33.7 Å². The Kier molecular flexibility index (Phi) is 7.04. The summed E-state index contributed by atoms with van der Waals surface area (Å²) in [5, 5.41) is 0. The summed E-state index contributed by atoms with van der Waals surface area (Å²) < 4.78 is 2.31. The van der Waals surface area contributed by atoms with E-state index in [9.17, 15) is 4.79 Å². The van der Waals surface area contributed by atoms with Gasteiger partial charge in [0, 0.05) is 44.4 Å². The van der Waals surface area contributed by atoms with Crippen molar-refractivity contribution in [3.8, 4) is 0 Å². The summed E-state index contributed by atoms with van der Waals surface area (Å²) in [7, 11) is 4.22. The van der Waals surface area contributed by atoms with E-state index in [0.29, 0.717) is 12.3 Å². The summed E-state index contributed by atoms with van der Waals surface area (Å²) in [5.74, 6) is 1.95. The normalized spacial score (nSPS) is 15.4. The SMILES string of the molecule is CN(C)CCCn1ccnc1C1CCN(C(=O)CCc2ccccc2)CC1. The number of piperidine rings is 1.